The van der Waals surface area contributed by atoms with Crippen LogP contribution in [0.1, 0.15) is 25.7 Å². The number of alkyl halides is 3. The van der Waals surface area contributed by atoms with Crippen molar-refractivity contribution in [2.75, 3.05) is 0 Å². The topological polar surface area (TPSA) is 51.1 Å². The van der Waals surface area contributed by atoms with E-state index in [9.17, 15) is 22.8 Å². The molecule has 0 unspecified atom stereocenters. The van der Waals surface area contributed by atoms with E-state index < -0.39 is 18.1 Å². The van der Waals surface area contributed by atoms with Crippen LogP contribution >= 0.6 is 0 Å². The Morgan fingerprint density at radius 3 is 2.17 bits per heavy atom. The fourth-order valence-electron chi connectivity index (χ4n) is 4.28. The van der Waals surface area contributed by atoms with E-state index in [1.807, 2.05) is 0 Å². The molecule has 1 aromatic heterocycles. The molecule has 29 heavy (non-hydrogen) atoms. The summed E-state index contributed by atoms with van der Waals surface area (Å²) in [6.45, 7) is -0.0610. The monoisotopic (exact) mass is 402 g/mol. The minimum atomic E-state index is -4.23. The highest BCUT2D eigenvalue weighted by molar-refractivity contribution is 5.94. The van der Waals surface area contributed by atoms with Gasteiger partial charge in [-0.1, -0.05) is 30.7 Å². The Morgan fingerprint density at radius 1 is 1.00 bits per heavy atom. The molecule has 1 fully saturated rings. The van der Waals surface area contributed by atoms with Gasteiger partial charge in [0.2, 0.25) is 5.91 Å². The van der Waals surface area contributed by atoms with Crippen LogP contribution in [-0.4, -0.2) is 22.7 Å². The number of hydrogen-bond donors (Lipinski definition) is 1. The summed E-state index contributed by atoms with van der Waals surface area (Å²) in [5.41, 5.74) is 1.15. The third-order valence-corrected chi connectivity index (χ3v) is 5.68. The minimum absolute atomic E-state index is 0.0610. The zero-order chi connectivity index (χ0) is 20.6. The minimum Gasteiger partial charge on any atom is -0.352 e. The largest absolute Gasteiger partial charge is 0.391 e. The molecule has 3 aromatic rings. The quantitative estimate of drug-likeness (QED) is 0.661. The molecule has 0 saturated heterocycles. The summed E-state index contributed by atoms with van der Waals surface area (Å²) in [4.78, 5) is 25.5. The predicted molar refractivity (Wildman–Crippen MR) is 106 cm³/mol. The molecule has 0 bridgehead atoms. The third-order valence-electron chi connectivity index (χ3n) is 5.68. The Hall–Kier alpha value is -2.83. The first-order valence-electron chi connectivity index (χ1n) is 9.71. The molecular weight excluding hydrogens is 381 g/mol. The van der Waals surface area contributed by atoms with Crippen molar-refractivity contribution in [1.82, 2.24) is 9.88 Å². The number of aromatic nitrogens is 1. The first-order chi connectivity index (χ1) is 13.8. The van der Waals surface area contributed by atoms with Crippen molar-refractivity contribution in [3.05, 3.63) is 58.8 Å². The Balaban J connectivity index is 1.63. The molecule has 152 valence electrons. The normalized spacial score (nSPS) is 20.1. The molecule has 4 rings (SSSR count). The number of carbonyl (C=O) groups is 1. The number of hydrogen-bond acceptors (Lipinski definition) is 2. The van der Waals surface area contributed by atoms with E-state index in [1.54, 1.807) is 53.1 Å². The molecule has 2 atom stereocenters. The van der Waals surface area contributed by atoms with Crippen LogP contribution < -0.4 is 10.7 Å². The summed E-state index contributed by atoms with van der Waals surface area (Å²) in [6.07, 6.45) is -3.21. The van der Waals surface area contributed by atoms with Crippen molar-refractivity contribution in [3.63, 3.8) is 0 Å². The number of nitrogens with zero attached hydrogens (tertiary/aromatic N) is 1. The van der Waals surface area contributed by atoms with Crippen LogP contribution in [-0.2, 0) is 11.3 Å². The number of benzene rings is 2. The number of fused-ring (bicyclic) bond motifs is 2. The Bertz CT molecular complexity index is 1060. The summed E-state index contributed by atoms with van der Waals surface area (Å²) >= 11 is 0. The highest BCUT2D eigenvalue weighted by Crippen LogP contribution is 2.37. The molecule has 2 aromatic carbocycles. The van der Waals surface area contributed by atoms with Gasteiger partial charge in [0.05, 0.1) is 17.0 Å². The van der Waals surface area contributed by atoms with E-state index >= 15 is 0 Å². The van der Waals surface area contributed by atoms with Crippen LogP contribution in [0.2, 0.25) is 0 Å². The first kappa shape index (κ1) is 19.5. The van der Waals surface area contributed by atoms with Gasteiger partial charge in [-0.15, -0.1) is 0 Å². The summed E-state index contributed by atoms with van der Waals surface area (Å²) in [5, 5.41) is 3.79. The zero-order valence-corrected chi connectivity index (χ0v) is 15.7. The lowest BCUT2D eigenvalue weighted by Crippen LogP contribution is -2.42. The van der Waals surface area contributed by atoms with E-state index in [-0.39, 0.29) is 30.7 Å². The van der Waals surface area contributed by atoms with Gasteiger partial charge in [-0.25, -0.2) is 0 Å². The fraction of sp³-hybridized carbons (Fsp3) is 0.364. The maximum absolute atomic E-state index is 13.0. The Kier molecular flexibility index (Phi) is 5.06. The van der Waals surface area contributed by atoms with Crippen LogP contribution in [0.4, 0.5) is 13.2 Å². The van der Waals surface area contributed by atoms with Gasteiger partial charge < -0.3 is 9.88 Å². The number of nitrogens with one attached hydrogen (secondary N) is 1. The van der Waals surface area contributed by atoms with E-state index in [2.05, 4.69) is 5.32 Å². The highest BCUT2D eigenvalue weighted by Gasteiger charge is 2.42. The molecule has 0 spiro atoms. The summed E-state index contributed by atoms with van der Waals surface area (Å²) in [7, 11) is 0. The molecule has 7 heteroatoms. The lowest BCUT2D eigenvalue weighted by atomic mass is 9.85. The number of carbonyl (C=O) groups excluding carboxylic acids is 1. The molecule has 0 radical (unpaired) electrons. The average molecular weight is 402 g/mol. The number of amides is 1. The van der Waals surface area contributed by atoms with Gasteiger partial charge in [-0.3, -0.25) is 9.59 Å². The van der Waals surface area contributed by atoms with E-state index in [1.165, 1.54) is 0 Å². The van der Waals surface area contributed by atoms with Crippen molar-refractivity contribution in [2.45, 2.75) is 44.4 Å². The van der Waals surface area contributed by atoms with Gasteiger partial charge in [-0.2, -0.15) is 13.2 Å². The molecule has 1 saturated carbocycles. The van der Waals surface area contributed by atoms with Gasteiger partial charge in [0.15, 0.2) is 5.43 Å². The number of pyridine rings is 1. The maximum atomic E-state index is 13.0. The van der Waals surface area contributed by atoms with Crippen molar-refractivity contribution < 1.29 is 18.0 Å². The third kappa shape index (κ3) is 3.86. The van der Waals surface area contributed by atoms with Crippen molar-refractivity contribution in [1.29, 1.82) is 0 Å². The van der Waals surface area contributed by atoms with Gasteiger partial charge in [-0.05, 0) is 43.5 Å². The first-order valence-corrected chi connectivity index (χ1v) is 9.71. The second kappa shape index (κ2) is 7.54. The van der Waals surface area contributed by atoms with Crippen LogP contribution in [0.3, 0.4) is 0 Å². The smallest absolute Gasteiger partial charge is 0.352 e. The predicted octanol–water partition coefficient (Wildman–Crippen LogP) is 4.39. The lowest BCUT2D eigenvalue weighted by molar-refractivity contribution is -0.184. The van der Waals surface area contributed by atoms with Gasteiger partial charge in [0.25, 0.3) is 0 Å². The van der Waals surface area contributed by atoms with Gasteiger partial charge >= 0.3 is 6.18 Å². The molecule has 4 nitrogen and oxygen atoms in total. The van der Waals surface area contributed by atoms with Crippen LogP contribution in [0.25, 0.3) is 21.8 Å². The standard InChI is InChI=1S/C22H21F3N2O2/c23-22(24,25)14-6-5-7-15(12-14)26-20(28)13-27-18-10-3-1-8-16(18)21(29)17-9-2-4-11-19(17)27/h1-4,8-11,14-15H,5-7,12-13H2,(H,26,28)/t14-,15-/m1/s1. The number of rotatable bonds is 3. The Morgan fingerprint density at radius 2 is 1.59 bits per heavy atom. The van der Waals surface area contributed by atoms with Crippen LogP contribution in [0, 0.1) is 5.92 Å². The van der Waals surface area contributed by atoms with Crippen molar-refractivity contribution >= 4 is 27.7 Å². The molecule has 1 aliphatic rings. The SMILES string of the molecule is O=C(Cn1c2ccccc2c(=O)c2ccccc21)N[C@@H]1CCC[C@@H](C(F)(F)F)C1. The van der Waals surface area contributed by atoms with E-state index in [4.69, 9.17) is 0 Å². The lowest BCUT2D eigenvalue weighted by Gasteiger charge is -2.31. The molecule has 1 amide bonds. The molecular formula is C22H21F3N2O2. The van der Waals surface area contributed by atoms with Gasteiger partial charge in [0, 0.05) is 16.8 Å². The molecule has 1 N–H and O–H groups in total. The second-order valence-electron chi connectivity index (χ2n) is 7.62. The van der Waals surface area contributed by atoms with E-state index in [0.717, 1.165) is 0 Å². The van der Waals surface area contributed by atoms with Crippen LogP contribution in [0.5, 0.6) is 0 Å². The summed E-state index contributed by atoms with van der Waals surface area (Å²) in [6, 6.07) is 13.6. The van der Waals surface area contributed by atoms with Crippen molar-refractivity contribution in [2.24, 2.45) is 5.92 Å². The van der Waals surface area contributed by atoms with Crippen LogP contribution in [0.15, 0.2) is 53.3 Å². The number of halogens is 3. The summed E-state index contributed by atoms with van der Waals surface area (Å²) < 4.78 is 40.9. The van der Waals surface area contributed by atoms with Crippen molar-refractivity contribution in [3.8, 4) is 0 Å². The fourth-order valence-corrected chi connectivity index (χ4v) is 4.28. The zero-order valence-electron chi connectivity index (χ0n) is 15.7. The second-order valence-corrected chi connectivity index (χ2v) is 7.62. The Labute approximate surface area is 165 Å². The molecule has 0 aliphatic heterocycles. The maximum Gasteiger partial charge on any atom is 0.391 e. The van der Waals surface area contributed by atoms with E-state index in [0.29, 0.717) is 34.6 Å². The molecule has 1 heterocycles. The van der Waals surface area contributed by atoms with Gasteiger partial charge in [0.1, 0.15) is 6.54 Å². The number of para-hydroxylation sites is 2. The highest BCUT2D eigenvalue weighted by atomic mass is 19.4. The molecule has 1 aliphatic carbocycles. The average Bonchev–Trinajstić information content (AvgIpc) is 2.71. The summed E-state index contributed by atoms with van der Waals surface area (Å²) in [5.74, 6) is -1.72.